The molecule has 0 heterocycles. The lowest BCUT2D eigenvalue weighted by atomic mass is 10.1. The molecule has 1 N–H and O–H groups in total. The zero-order chi connectivity index (χ0) is 13.0. The Kier molecular flexibility index (Phi) is 4.28. The van der Waals surface area contributed by atoms with Crippen LogP contribution in [0.1, 0.15) is 11.7 Å². The summed E-state index contributed by atoms with van der Waals surface area (Å²) in [5.74, 6) is -1.72. The summed E-state index contributed by atoms with van der Waals surface area (Å²) < 4.78 is 27.5. The molecule has 0 aliphatic heterocycles. The van der Waals surface area contributed by atoms with Gasteiger partial charge in [-0.1, -0.05) is 0 Å². The predicted molar refractivity (Wildman–Crippen MR) is 56.5 cm³/mol. The van der Waals surface area contributed by atoms with Crippen LogP contribution in [0.2, 0.25) is 0 Å². The number of aliphatic hydroxyl groups is 1. The Morgan fingerprint density at radius 3 is 2.29 bits per heavy atom. The minimum atomic E-state index is -1.55. The number of rotatable bonds is 4. The van der Waals surface area contributed by atoms with E-state index in [1.54, 1.807) is 0 Å². The van der Waals surface area contributed by atoms with Gasteiger partial charge in [-0.3, -0.25) is 0 Å². The van der Waals surface area contributed by atoms with Crippen LogP contribution in [0.25, 0.3) is 0 Å². The van der Waals surface area contributed by atoms with Crippen molar-refractivity contribution < 1.29 is 28.5 Å². The first-order valence-corrected chi connectivity index (χ1v) is 4.73. The fraction of sp³-hybridized carbons (Fsp3) is 0.364. The third kappa shape index (κ3) is 2.47. The number of hydrogen-bond acceptors (Lipinski definition) is 5. The number of methoxy groups -OCH3 is 3. The van der Waals surface area contributed by atoms with Crippen molar-refractivity contribution in [3.05, 3.63) is 23.5 Å². The van der Waals surface area contributed by atoms with Crippen molar-refractivity contribution in [3.8, 4) is 11.5 Å². The molecule has 6 heteroatoms. The van der Waals surface area contributed by atoms with E-state index >= 15 is 0 Å². The molecule has 0 saturated carbocycles. The average Bonchev–Trinajstić information content (AvgIpc) is 2.36. The van der Waals surface area contributed by atoms with Gasteiger partial charge in [0.2, 0.25) is 0 Å². The molecule has 0 fully saturated rings. The number of ether oxygens (including phenoxy) is 3. The molecule has 0 spiro atoms. The number of carbonyl (C=O) groups is 1. The molecule has 0 aliphatic rings. The quantitative estimate of drug-likeness (QED) is 0.802. The number of halogens is 1. The molecule has 1 unspecified atom stereocenters. The van der Waals surface area contributed by atoms with Crippen molar-refractivity contribution in [1.29, 1.82) is 0 Å². The van der Waals surface area contributed by atoms with Gasteiger partial charge in [-0.25, -0.2) is 9.18 Å². The molecule has 17 heavy (non-hydrogen) atoms. The number of benzene rings is 1. The summed E-state index contributed by atoms with van der Waals surface area (Å²) in [6.07, 6.45) is -1.55. The highest BCUT2D eigenvalue weighted by molar-refractivity contribution is 5.77. The van der Waals surface area contributed by atoms with Crippen molar-refractivity contribution in [3.63, 3.8) is 0 Å². The van der Waals surface area contributed by atoms with Gasteiger partial charge in [0.1, 0.15) is 0 Å². The number of esters is 1. The van der Waals surface area contributed by atoms with E-state index in [0.717, 1.165) is 13.2 Å². The largest absolute Gasteiger partial charge is 0.492 e. The Labute approximate surface area is 97.7 Å². The summed E-state index contributed by atoms with van der Waals surface area (Å²) in [5, 5.41) is 9.68. The Morgan fingerprint density at radius 1 is 1.24 bits per heavy atom. The Bertz CT molecular complexity index is 419. The highest BCUT2D eigenvalue weighted by Gasteiger charge is 2.25. The van der Waals surface area contributed by atoms with Crippen molar-refractivity contribution in [2.75, 3.05) is 21.3 Å². The van der Waals surface area contributed by atoms with E-state index in [9.17, 15) is 14.3 Å². The normalized spacial score (nSPS) is 11.8. The summed E-state index contributed by atoms with van der Waals surface area (Å²) in [4.78, 5) is 11.2. The van der Waals surface area contributed by atoms with E-state index in [1.165, 1.54) is 20.3 Å². The molecular formula is C11H13FO5. The standard InChI is InChI=1S/C11H13FO5/c1-15-9-6(8(13)11(14)17-3)4-5-7(12)10(9)16-2/h4-5,8,13H,1-3H3. The molecule has 0 radical (unpaired) electrons. The van der Waals surface area contributed by atoms with Gasteiger partial charge < -0.3 is 19.3 Å². The number of carbonyl (C=O) groups excluding carboxylic acids is 1. The fourth-order valence-corrected chi connectivity index (χ4v) is 1.41. The summed E-state index contributed by atoms with van der Waals surface area (Å²) in [7, 11) is 3.68. The maximum absolute atomic E-state index is 13.4. The molecule has 0 amide bonds. The highest BCUT2D eigenvalue weighted by Crippen LogP contribution is 2.37. The van der Waals surface area contributed by atoms with E-state index < -0.39 is 17.9 Å². The second-order valence-corrected chi connectivity index (χ2v) is 3.13. The zero-order valence-corrected chi connectivity index (χ0v) is 9.69. The van der Waals surface area contributed by atoms with Crippen LogP contribution in [0.3, 0.4) is 0 Å². The van der Waals surface area contributed by atoms with Gasteiger partial charge >= 0.3 is 5.97 Å². The molecular weight excluding hydrogens is 231 g/mol. The minimum absolute atomic E-state index is 0.0367. The Hall–Kier alpha value is -1.82. The van der Waals surface area contributed by atoms with Crippen LogP contribution in [0.4, 0.5) is 4.39 Å². The molecule has 5 nitrogen and oxygen atoms in total. The van der Waals surface area contributed by atoms with Gasteiger partial charge in [0.25, 0.3) is 0 Å². The predicted octanol–water partition coefficient (Wildman–Crippen LogP) is 1.05. The summed E-state index contributed by atoms with van der Waals surface area (Å²) in [6, 6.07) is 2.31. The average molecular weight is 244 g/mol. The molecule has 0 aliphatic carbocycles. The van der Waals surface area contributed by atoms with Crippen molar-refractivity contribution in [2.24, 2.45) is 0 Å². The molecule has 0 saturated heterocycles. The molecule has 0 bridgehead atoms. The topological polar surface area (TPSA) is 65.0 Å². The first kappa shape index (κ1) is 13.2. The first-order valence-electron chi connectivity index (χ1n) is 4.73. The second-order valence-electron chi connectivity index (χ2n) is 3.13. The Balaban J connectivity index is 3.29. The third-order valence-electron chi connectivity index (χ3n) is 2.22. The summed E-state index contributed by atoms with van der Waals surface area (Å²) in [5.41, 5.74) is 0.0811. The van der Waals surface area contributed by atoms with Crippen molar-refractivity contribution in [1.82, 2.24) is 0 Å². The van der Waals surface area contributed by atoms with Gasteiger partial charge in [-0.15, -0.1) is 0 Å². The lowest BCUT2D eigenvalue weighted by molar-refractivity contribution is -0.150. The van der Waals surface area contributed by atoms with Crippen LogP contribution in [0.5, 0.6) is 11.5 Å². The summed E-state index contributed by atoms with van der Waals surface area (Å²) >= 11 is 0. The van der Waals surface area contributed by atoms with Crippen LogP contribution < -0.4 is 9.47 Å². The van der Waals surface area contributed by atoms with E-state index in [0.29, 0.717) is 0 Å². The van der Waals surface area contributed by atoms with Crippen molar-refractivity contribution in [2.45, 2.75) is 6.10 Å². The third-order valence-corrected chi connectivity index (χ3v) is 2.22. The van der Waals surface area contributed by atoms with Crippen LogP contribution in [0, 0.1) is 5.82 Å². The SMILES string of the molecule is COC(=O)C(O)c1ccc(F)c(OC)c1OC. The number of aliphatic hydroxyl groups excluding tert-OH is 1. The fourth-order valence-electron chi connectivity index (χ4n) is 1.41. The van der Waals surface area contributed by atoms with Gasteiger partial charge in [0.15, 0.2) is 23.4 Å². The van der Waals surface area contributed by atoms with Gasteiger partial charge in [-0.2, -0.15) is 0 Å². The van der Waals surface area contributed by atoms with Gasteiger partial charge in [0, 0.05) is 5.56 Å². The molecule has 0 aromatic heterocycles. The lowest BCUT2D eigenvalue weighted by Crippen LogP contribution is -2.15. The molecule has 94 valence electrons. The second kappa shape index (κ2) is 5.49. The summed E-state index contributed by atoms with van der Waals surface area (Å²) in [6.45, 7) is 0. The maximum Gasteiger partial charge on any atom is 0.339 e. The van der Waals surface area contributed by atoms with Gasteiger partial charge in [0.05, 0.1) is 21.3 Å². The van der Waals surface area contributed by atoms with E-state index in [-0.39, 0.29) is 17.1 Å². The zero-order valence-electron chi connectivity index (χ0n) is 9.69. The smallest absolute Gasteiger partial charge is 0.339 e. The van der Waals surface area contributed by atoms with E-state index in [1.807, 2.05) is 0 Å². The van der Waals surface area contributed by atoms with Crippen LogP contribution in [-0.4, -0.2) is 32.4 Å². The molecule has 1 atom stereocenters. The monoisotopic (exact) mass is 244 g/mol. The van der Waals surface area contributed by atoms with Gasteiger partial charge in [-0.05, 0) is 12.1 Å². The lowest BCUT2D eigenvalue weighted by Gasteiger charge is -2.16. The van der Waals surface area contributed by atoms with Crippen molar-refractivity contribution >= 4 is 5.97 Å². The van der Waals surface area contributed by atoms with E-state index in [2.05, 4.69) is 4.74 Å². The van der Waals surface area contributed by atoms with Crippen LogP contribution in [-0.2, 0) is 9.53 Å². The van der Waals surface area contributed by atoms with Crippen LogP contribution in [0.15, 0.2) is 12.1 Å². The minimum Gasteiger partial charge on any atom is -0.492 e. The highest BCUT2D eigenvalue weighted by atomic mass is 19.1. The maximum atomic E-state index is 13.4. The molecule has 1 aromatic carbocycles. The van der Waals surface area contributed by atoms with Crippen LogP contribution >= 0.6 is 0 Å². The first-order chi connectivity index (χ1) is 8.06. The number of hydrogen-bond donors (Lipinski definition) is 1. The van der Waals surface area contributed by atoms with E-state index in [4.69, 9.17) is 9.47 Å². The molecule has 1 aromatic rings. The molecule has 1 rings (SSSR count). The Morgan fingerprint density at radius 2 is 1.82 bits per heavy atom.